The second-order valence-electron chi connectivity index (χ2n) is 4.40. The van der Waals surface area contributed by atoms with Crippen molar-refractivity contribution in [2.24, 2.45) is 5.92 Å². The first kappa shape index (κ1) is 13.2. The molecule has 0 fully saturated rings. The van der Waals surface area contributed by atoms with Gasteiger partial charge in [-0.3, -0.25) is 4.98 Å². The average Bonchev–Trinajstić information content (AvgIpc) is 2.88. The predicted molar refractivity (Wildman–Crippen MR) is 76.8 cm³/mol. The van der Waals surface area contributed by atoms with E-state index in [1.54, 1.807) is 17.5 Å². The maximum atomic E-state index is 4.70. The van der Waals surface area contributed by atoms with Crippen LogP contribution >= 0.6 is 11.3 Å². The van der Waals surface area contributed by atoms with Gasteiger partial charge >= 0.3 is 0 Å². The molecule has 0 saturated heterocycles. The van der Waals surface area contributed by atoms with Crippen LogP contribution in [0.4, 0.5) is 0 Å². The monoisotopic (exact) mass is 261 g/mol. The van der Waals surface area contributed by atoms with Gasteiger partial charge < -0.3 is 5.32 Å². The van der Waals surface area contributed by atoms with Crippen molar-refractivity contribution in [3.63, 3.8) is 0 Å². The van der Waals surface area contributed by atoms with Crippen LogP contribution < -0.4 is 5.32 Å². The van der Waals surface area contributed by atoms with Gasteiger partial charge in [-0.15, -0.1) is 11.3 Å². The Labute approximate surface area is 112 Å². The van der Waals surface area contributed by atoms with Crippen LogP contribution in [-0.4, -0.2) is 23.6 Å². The predicted octanol–water partition coefficient (Wildman–Crippen LogP) is 2.99. The topological polar surface area (TPSA) is 37.8 Å². The van der Waals surface area contributed by atoms with Crippen LogP contribution in [0.1, 0.15) is 18.4 Å². The molecule has 0 spiro atoms. The number of rotatable bonds is 6. The summed E-state index contributed by atoms with van der Waals surface area (Å²) >= 11 is 1.75. The lowest BCUT2D eigenvalue weighted by atomic mass is 10.0. The molecule has 0 aliphatic rings. The van der Waals surface area contributed by atoms with Gasteiger partial charge in [0.25, 0.3) is 0 Å². The number of thiazole rings is 1. The largest absolute Gasteiger partial charge is 0.319 e. The summed E-state index contributed by atoms with van der Waals surface area (Å²) in [7, 11) is 2.01. The summed E-state index contributed by atoms with van der Waals surface area (Å²) in [5.41, 5.74) is 2.14. The fourth-order valence-corrected chi connectivity index (χ4v) is 2.87. The second kappa shape index (κ2) is 6.61. The van der Waals surface area contributed by atoms with Crippen LogP contribution in [0.5, 0.6) is 0 Å². The Morgan fingerprint density at radius 2 is 2.33 bits per heavy atom. The van der Waals surface area contributed by atoms with Gasteiger partial charge in [-0.1, -0.05) is 13.3 Å². The first-order valence-electron chi connectivity index (χ1n) is 6.33. The molecule has 96 valence electrons. The smallest absolute Gasteiger partial charge is 0.0935 e. The molecule has 0 radical (unpaired) electrons. The lowest BCUT2D eigenvalue weighted by Crippen LogP contribution is -2.19. The van der Waals surface area contributed by atoms with Gasteiger partial charge in [0.05, 0.1) is 10.7 Å². The van der Waals surface area contributed by atoms with Gasteiger partial charge in [0.2, 0.25) is 0 Å². The van der Waals surface area contributed by atoms with Crippen molar-refractivity contribution in [3.8, 4) is 11.3 Å². The van der Waals surface area contributed by atoms with E-state index in [1.165, 1.54) is 11.4 Å². The van der Waals surface area contributed by atoms with Crippen LogP contribution in [-0.2, 0) is 6.42 Å². The second-order valence-corrected chi connectivity index (χ2v) is 5.35. The summed E-state index contributed by atoms with van der Waals surface area (Å²) in [6.07, 6.45) is 5.89. The molecule has 1 atom stereocenters. The van der Waals surface area contributed by atoms with Crippen molar-refractivity contribution in [3.05, 3.63) is 34.9 Å². The molecule has 0 bridgehead atoms. The van der Waals surface area contributed by atoms with Crippen molar-refractivity contribution in [2.75, 3.05) is 13.6 Å². The Morgan fingerprint density at radius 3 is 3.00 bits per heavy atom. The standard InChI is InChI=1S/C14H19N3S/c1-3-11(8-15-2)7-14-17-13(10-18-14)12-5-4-6-16-9-12/h4-6,9-11,15H,3,7-8H2,1-2H3. The van der Waals surface area contributed by atoms with Crippen LogP contribution in [0.15, 0.2) is 29.9 Å². The van der Waals surface area contributed by atoms with Gasteiger partial charge in [-0.2, -0.15) is 0 Å². The highest BCUT2D eigenvalue weighted by Crippen LogP contribution is 2.23. The minimum Gasteiger partial charge on any atom is -0.319 e. The molecule has 3 nitrogen and oxygen atoms in total. The Morgan fingerprint density at radius 1 is 1.44 bits per heavy atom. The lowest BCUT2D eigenvalue weighted by Gasteiger charge is -2.11. The highest BCUT2D eigenvalue weighted by molar-refractivity contribution is 7.09. The summed E-state index contributed by atoms with van der Waals surface area (Å²) in [4.78, 5) is 8.83. The third kappa shape index (κ3) is 3.37. The lowest BCUT2D eigenvalue weighted by molar-refractivity contribution is 0.480. The van der Waals surface area contributed by atoms with Crippen molar-refractivity contribution in [2.45, 2.75) is 19.8 Å². The van der Waals surface area contributed by atoms with Crippen LogP contribution in [0.25, 0.3) is 11.3 Å². The minimum atomic E-state index is 0.669. The van der Waals surface area contributed by atoms with Crippen molar-refractivity contribution < 1.29 is 0 Å². The third-order valence-corrected chi connectivity index (χ3v) is 3.91. The van der Waals surface area contributed by atoms with Gasteiger partial charge in [-0.05, 0) is 31.6 Å². The van der Waals surface area contributed by atoms with E-state index in [9.17, 15) is 0 Å². The molecule has 0 saturated carbocycles. The van der Waals surface area contributed by atoms with E-state index in [-0.39, 0.29) is 0 Å². The SMILES string of the molecule is CCC(CNC)Cc1nc(-c2cccnc2)cs1. The van der Waals surface area contributed by atoms with Crippen LogP contribution in [0.2, 0.25) is 0 Å². The minimum absolute atomic E-state index is 0.669. The summed E-state index contributed by atoms with van der Waals surface area (Å²) in [6.45, 7) is 3.29. The van der Waals surface area contributed by atoms with Crippen LogP contribution in [0.3, 0.4) is 0 Å². The molecule has 2 rings (SSSR count). The Balaban J connectivity index is 2.06. The van der Waals surface area contributed by atoms with E-state index < -0.39 is 0 Å². The Kier molecular flexibility index (Phi) is 4.84. The van der Waals surface area contributed by atoms with Crippen LogP contribution in [0, 0.1) is 5.92 Å². The maximum Gasteiger partial charge on any atom is 0.0935 e. The summed E-state index contributed by atoms with van der Waals surface area (Å²) in [5, 5.41) is 6.59. The molecule has 2 aromatic rings. The van der Waals surface area contributed by atoms with Crippen molar-refractivity contribution in [1.82, 2.24) is 15.3 Å². The van der Waals surface area contributed by atoms with Crippen molar-refractivity contribution in [1.29, 1.82) is 0 Å². The van der Waals surface area contributed by atoms with E-state index in [1.807, 2.05) is 19.3 Å². The number of nitrogens with one attached hydrogen (secondary N) is 1. The fourth-order valence-electron chi connectivity index (χ4n) is 1.95. The zero-order valence-corrected chi connectivity index (χ0v) is 11.7. The van der Waals surface area contributed by atoms with Gasteiger partial charge in [0, 0.05) is 29.8 Å². The highest BCUT2D eigenvalue weighted by Gasteiger charge is 2.10. The number of nitrogens with zero attached hydrogens (tertiary/aromatic N) is 2. The third-order valence-electron chi connectivity index (χ3n) is 3.04. The van der Waals surface area contributed by atoms with E-state index in [2.05, 4.69) is 28.7 Å². The van der Waals surface area contributed by atoms with Gasteiger partial charge in [0.15, 0.2) is 0 Å². The van der Waals surface area contributed by atoms with E-state index >= 15 is 0 Å². The first-order valence-corrected chi connectivity index (χ1v) is 7.20. The molecular formula is C14H19N3S. The summed E-state index contributed by atoms with van der Waals surface area (Å²) in [6, 6.07) is 4.00. The van der Waals surface area contributed by atoms with Crippen molar-refractivity contribution >= 4 is 11.3 Å². The number of hydrogen-bond donors (Lipinski definition) is 1. The molecular weight excluding hydrogens is 242 g/mol. The highest BCUT2D eigenvalue weighted by atomic mass is 32.1. The molecule has 1 N–H and O–H groups in total. The molecule has 18 heavy (non-hydrogen) atoms. The first-order chi connectivity index (χ1) is 8.83. The molecule has 1 unspecified atom stereocenters. The average molecular weight is 261 g/mol. The zero-order chi connectivity index (χ0) is 12.8. The van der Waals surface area contributed by atoms with E-state index in [0.29, 0.717) is 5.92 Å². The number of aromatic nitrogens is 2. The summed E-state index contributed by atoms with van der Waals surface area (Å²) in [5.74, 6) is 0.669. The Bertz CT molecular complexity index is 467. The zero-order valence-electron chi connectivity index (χ0n) is 10.9. The van der Waals surface area contributed by atoms with E-state index in [0.717, 1.165) is 24.2 Å². The molecule has 2 heterocycles. The molecule has 0 amide bonds. The quantitative estimate of drug-likeness (QED) is 0.868. The normalized spacial score (nSPS) is 12.6. The fraction of sp³-hybridized carbons (Fsp3) is 0.429. The molecule has 2 aromatic heterocycles. The molecule has 0 aliphatic carbocycles. The van der Waals surface area contributed by atoms with Gasteiger partial charge in [0.1, 0.15) is 0 Å². The number of pyridine rings is 1. The van der Waals surface area contributed by atoms with E-state index in [4.69, 9.17) is 4.98 Å². The molecule has 4 heteroatoms. The van der Waals surface area contributed by atoms with Gasteiger partial charge in [-0.25, -0.2) is 4.98 Å². The summed E-state index contributed by atoms with van der Waals surface area (Å²) < 4.78 is 0. The maximum absolute atomic E-state index is 4.70. The number of hydrogen-bond acceptors (Lipinski definition) is 4. The molecule has 0 aromatic carbocycles. The Hall–Kier alpha value is -1.26. The molecule has 0 aliphatic heterocycles.